The van der Waals surface area contributed by atoms with E-state index in [1.807, 2.05) is 54.6 Å². The SMILES string of the molecule is O=[C]OCc1cccc(OCc2ccccc2)c1. The van der Waals surface area contributed by atoms with Crippen LogP contribution in [0.1, 0.15) is 11.1 Å². The molecule has 3 heteroatoms. The third-order valence-electron chi connectivity index (χ3n) is 2.44. The molecule has 0 spiro atoms. The standard InChI is InChI=1S/C15H13O3/c16-12-17-10-14-7-4-8-15(9-14)18-11-13-5-2-1-3-6-13/h1-9H,10-11H2. The highest BCUT2D eigenvalue weighted by Gasteiger charge is 1.98. The van der Waals surface area contributed by atoms with Gasteiger partial charge in [-0.2, -0.15) is 0 Å². The summed E-state index contributed by atoms with van der Waals surface area (Å²) in [4.78, 5) is 10.00. The summed E-state index contributed by atoms with van der Waals surface area (Å²) in [6.45, 7) is 2.14. The van der Waals surface area contributed by atoms with Crippen molar-refractivity contribution < 1.29 is 14.3 Å². The number of carbonyl (C=O) groups excluding carboxylic acids is 1. The Hall–Kier alpha value is -2.29. The van der Waals surface area contributed by atoms with Gasteiger partial charge >= 0.3 is 6.47 Å². The molecule has 91 valence electrons. The lowest BCUT2D eigenvalue weighted by atomic mass is 10.2. The lowest BCUT2D eigenvalue weighted by molar-refractivity contribution is 0.265. The fourth-order valence-corrected chi connectivity index (χ4v) is 1.58. The van der Waals surface area contributed by atoms with Crippen LogP contribution < -0.4 is 4.74 Å². The first kappa shape index (κ1) is 12.2. The van der Waals surface area contributed by atoms with Crippen molar-refractivity contribution in [2.24, 2.45) is 0 Å². The molecule has 0 heterocycles. The van der Waals surface area contributed by atoms with E-state index >= 15 is 0 Å². The molecule has 2 aromatic rings. The minimum absolute atomic E-state index is 0.214. The van der Waals surface area contributed by atoms with E-state index in [0.29, 0.717) is 6.61 Å². The molecule has 0 N–H and O–H groups in total. The minimum atomic E-state index is 0.214. The van der Waals surface area contributed by atoms with Gasteiger partial charge in [0.15, 0.2) is 0 Å². The van der Waals surface area contributed by atoms with Gasteiger partial charge in [-0.25, -0.2) is 4.79 Å². The van der Waals surface area contributed by atoms with Crippen LogP contribution in [0.2, 0.25) is 0 Å². The molecule has 18 heavy (non-hydrogen) atoms. The summed E-state index contributed by atoms with van der Waals surface area (Å²) < 4.78 is 10.2. The number of benzene rings is 2. The van der Waals surface area contributed by atoms with Gasteiger partial charge in [-0.3, -0.25) is 0 Å². The van der Waals surface area contributed by atoms with E-state index in [4.69, 9.17) is 4.74 Å². The lowest BCUT2D eigenvalue weighted by Gasteiger charge is -2.07. The molecule has 0 saturated heterocycles. The molecule has 0 amide bonds. The Morgan fingerprint density at radius 2 is 1.67 bits per heavy atom. The fourth-order valence-electron chi connectivity index (χ4n) is 1.58. The van der Waals surface area contributed by atoms with Gasteiger partial charge in [-0.1, -0.05) is 42.5 Å². The molecule has 0 atom stereocenters. The second-order valence-electron chi connectivity index (χ2n) is 3.79. The normalized spacial score (nSPS) is 9.78. The quantitative estimate of drug-likeness (QED) is 0.780. The topological polar surface area (TPSA) is 35.5 Å². The minimum Gasteiger partial charge on any atom is -0.489 e. The summed E-state index contributed by atoms with van der Waals surface area (Å²) >= 11 is 0. The van der Waals surface area contributed by atoms with Crippen molar-refractivity contribution in [3.05, 3.63) is 65.7 Å². The van der Waals surface area contributed by atoms with Crippen LogP contribution in [0.5, 0.6) is 5.75 Å². The van der Waals surface area contributed by atoms with Gasteiger partial charge in [0.1, 0.15) is 19.0 Å². The maximum atomic E-state index is 10.00. The van der Waals surface area contributed by atoms with Gasteiger partial charge in [0.05, 0.1) is 0 Å². The first-order valence-corrected chi connectivity index (χ1v) is 5.63. The summed E-state index contributed by atoms with van der Waals surface area (Å²) in [5.74, 6) is 0.755. The zero-order valence-electron chi connectivity index (χ0n) is 9.84. The Balaban J connectivity index is 1.95. The Kier molecular flexibility index (Phi) is 4.36. The van der Waals surface area contributed by atoms with Crippen LogP contribution in [-0.4, -0.2) is 6.47 Å². The number of ether oxygens (including phenoxy) is 2. The third-order valence-corrected chi connectivity index (χ3v) is 2.44. The van der Waals surface area contributed by atoms with Gasteiger partial charge in [-0.15, -0.1) is 0 Å². The molecule has 0 aliphatic carbocycles. The van der Waals surface area contributed by atoms with Crippen LogP contribution >= 0.6 is 0 Å². The van der Waals surface area contributed by atoms with E-state index in [9.17, 15) is 4.79 Å². The monoisotopic (exact) mass is 241 g/mol. The molecule has 0 aliphatic rings. The van der Waals surface area contributed by atoms with E-state index in [1.54, 1.807) is 0 Å². The molecular weight excluding hydrogens is 228 g/mol. The second-order valence-corrected chi connectivity index (χ2v) is 3.79. The molecule has 1 radical (unpaired) electrons. The van der Waals surface area contributed by atoms with Crippen LogP contribution in [0.4, 0.5) is 0 Å². The van der Waals surface area contributed by atoms with Crippen molar-refractivity contribution in [3.63, 3.8) is 0 Å². The van der Waals surface area contributed by atoms with Crippen molar-refractivity contribution in [1.82, 2.24) is 0 Å². The van der Waals surface area contributed by atoms with Crippen molar-refractivity contribution in [2.75, 3.05) is 0 Å². The van der Waals surface area contributed by atoms with Crippen molar-refractivity contribution >= 4 is 6.47 Å². The van der Waals surface area contributed by atoms with Crippen LogP contribution in [0.25, 0.3) is 0 Å². The lowest BCUT2D eigenvalue weighted by Crippen LogP contribution is -1.96. The average molecular weight is 241 g/mol. The predicted octanol–water partition coefficient (Wildman–Crippen LogP) is 2.85. The Bertz CT molecular complexity index is 494. The van der Waals surface area contributed by atoms with E-state index in [1.165, 1.54) is 6.47 Å². The molecular formula is C15H13O3. The third kappa shape index (κ3) is 3.63. The van der Waals surface area contributed by atoms with E-state index < -0.39 is 0 Å². The highest BCUT2D eigenvalue weighted by molar-refractivity contribution is 5.39. The predicted molar refractivity (Wildman–Crippen MR) is 67.7 cm³/mol. The number of rotatable bonds is 6. The zero-order chi connectivity index (χ0) is 12.6. The maximum absolute atomic E-state index is 10.00. The molecule has 0 saturated carbocycles. The van der Waals surface area contributed by atoms with Gasteiger partial charge < -0.3 is 9.47 Å². The number of hydrogen-bond acceptors (Lipinski definition) is 3. The molecule has 3 nitrogen and oxygen atoms in total. The Morgan fingerprint density at radius 1 is 0.889 bits per heavy atom. The summed E-state index contributed by atoms with van der Waals surface area (Å²) in [5, 5.41) is 0. The molecule has 2 aromatic carbocycles. The van der Waals surface area contributed by atoms with Gasteiger partial charge in [0.2, 0.25) is 0 Å². The average Bonchev–Trinajstić information content (AvgIpc) is 2.44. The highest BCUT2D eigenvalue weighted by atomic mass is 16.5. The highest BCUT2D eigenvalue weighted by Crippen LogP contribution is 2.15. The first-order chi connectivity index (χ1) is 8.88. The zero-order valence-corrected chi connectivity index (χ0v) is 9.84. The smallest absolute Gasteiger partial charge is 0.417 e. The molecule has 0 unspecified atom stereocenters. The molecule has 0 bridgehead atoms. The summed E-state index contributed by atoms with van der Waals surface area (Å²) in [5.41, 5.74) is 1.99. The Morgan fingerprint density at radius 3 is 2.44 bits per heavy atom. The van der Waals surface area contributed by atoms with E-state index in [0.717, 1.165) is 16.9 Å². The fraction of sp³-hybridized carbons (Fsp3) is 0.133. The van der Waals surface area contributed by atoms with Crippen molar-refractivity contribution in [2.45, 2.75) is 13.2 Å². The molecule has 0 aromatic heterocycles. The largest absolute Gasteiger partial charge is 0.489 e. The van der Waals surface area contributed by atoms with Crippen LogP contribution in [0.3, 0.4) is 0 Å². The molecule has 0 aliphatic heterocycles. The summed E-state index contributed by atoms with van der Waals surface area (Å²) in [7, 11) is 0. The van der Waals surface area contributed by atoms with Crippen LogP contribution in [0, 0.1) is 0 Å². The summed E-state index contributed by atoms with van der Waals surface area (Å²) in [6.07, 6.45) is 0. The molecule has 0 fully saturated rings. The summed E-state index contributed by atoms with van der Waals surface area (Å²) in [6, 6.07) is 17.4. The van der Waals surface area contributed by atoms with Gasteiger partial charge in [0, 0.05) is 0 Å². The van der Waals surface area contributed by atoms with Crippen LogP contribution in [0.15, 0.2) is 54.6 Å². The van der Waals surface area contributed by atoms with Crippen molar-refractivity contribution in [1.29, 1.82) is 0 Å². The van der Waals surface area contributed by atoms with Crippen LogP contribution in [-0.2, 0) is 22.7 Å². The number of hydrogen-bond donors (Lipinski definition) is 0. The second kappa shape index (κ2) is 6.45. The Labute approximate surface area is 106 Å². The first-order valence-electron chi connectivity index (χ1n) is 5.63. The van der Waals surface area contributed by atoms with Gasteiger partial charge in [-0.05, 0) is 23.3 Å². The van der Waals surface area contributed by atoms with Gasteiger partial charge in [0.25, 0.3) is 0 Å². The molecule has 2 rings (SSSR count). The van der Waals surface area contributed by atoms with Crippen molar-refractivity contribution in [3.8, 4) is 5.75 Å². The van der Waals surface area contributed by atoms with E-state index in [-0.39, 0.29) is 6.61 Å². The van der Waals surface area contributed by atoms with E-state index in [2.05, 4.69) is 4.74 Å². The maximum Gasteiger partial charge on any atom is 0.417 e.